The summed E-state index contributed by atoms with van der Waals surface area (Å²) in [5, 5.41) is 3.41. The Morgan fingerprint density at radius 1 is 1.24 bits per heavy atom. The molecule has 0 fully saturated rings. The molecular weight excluding hydrogens is 208 g/mol. The SMILES string of the molecule is CCCCCCCC(NC)c1ccnc(C)c1. The van der Waals surface area contributed by atoms with Gasteiger partial charge >= 0.3 is 0 Å². The molecule has 1 N–H and O–H groups in total. The Hall–Kier alpha value is -0.890. The average Bonchev–Trinajstić information content (AvgIpc) is 2.34. The molecule has 1 atom stereocenters. The lowest BCUT2D eigenvalue weighted by Gasteiger charge is -2.16. The highest BCUT2D eigenvalue weighted by Gasteiger charge is 2.08. The predicted octanol–water partition coefficient (Wildman–Crippen LogP) is 4.01. The Morgan fingerprint density at radius 2 is 2.00 bits per heavy atom. The van der Waals surface area contributed by atoms with Crippen LogP contribution in [0.5, 0.6) is 0 Å². The summed E-state index contributed by atoms with van der Waals surface area (Å²) in [6.45, 7) is 4.31. The molecule has 96 valence electrons. The van der Waals surface area contributed by atoms with Crippen LogP contribution >= 0.6 is 0 Å². The summed E-state index contributed by atoms with van der Waals surface area (Å²) in [7, 11) is 2.05. The summed E-state index contributed by atoms with van der Waals surface area (Å²) < 4.78 is 0. The first-order chi connectivity index (χ1) is 8.27. The van der Waals surface area contributed by atoms with Crippen LogP contribution in [0.4, 0.5) is 0 Å². The maximum Gasteiger partial charge on any atom is 0.0375 e. The van der Waals surface area contributed by atoms with Crippen LogP contribution in [0.15, 0.2) is 18.3 Å². The van der Waals surface area contributed by atoms with Crippen LogP contribution in [0.25, 0.3) is 0 Å². The van der Waals surface area contributed by atoms with Crippen LogP contribution < -0.4 is 5.32 Å². The molecule has 2 heteroatoms. The molecule has 1 heterocycles. The van der Waals surface area contributed by atoms with E-state index in [0.717, 1.165) is 5.69 Å². The van der Waals surface area contributed by atoms with Gasteiger partial charge in [0.2, 0.25) is 0 Å². The molecule has 0 radical (unpaired) electrons. The Labute approximate surface area is 106 Å². The molecule has 0 spiro atoms. The van der Waals surface area contributed by atoms with E-state index in [0.29, 0.717) is 6.04 Å². The molecule has 17 heavy (non-hydrogen) atoms. The van der Waals surface area contributed by atoms with E-state index in [2.05, 4.69) is 36.3 Å². The molecule has 0 saturated heterocycles. The summed E-state index contributed by atoms with van der Waals surface area (Å²) in [5.74, 6) is 0. The highest BCUT2D eigenvalue weighted by atomic mass is 14.9. The van der Waals surface area contributed by atoms with Crippen molar-refractivity contribution >= 4 is 0 Å². The maximum absolute atomic E-state index is 4.25. The molecule has 1 aromatic heterocycles. The number of hydrogen-bond donors (Lipinski definition) is 1. The minimum Gasteiger partial charge on any atom is -0.313 e. The minimum atomic E-state index is 0.485. The third-order valence-corrected chi connectivity index (χ3v) is 3.27. The van der Waals surface area contributed by atoms with Crippen LogP contribution in [0, 0.1) is 6.92 Å². The zero-order valence-electron chi connectivity index (χ0n) is 11.5. The van der Waals surface area contributed by atoms with Crippen molar-refractivity contribution < 1.29 is 0 Å². The summed E-state index contributed by atoms with van der Waals surface area (Å²) in [6, 6.07) is 4.80. The number of pyridine rings is 1. The summed E-state index contributed by atoms with van der Waals surface area (Å²) in [6.07, 6.45) is 9.87. The largest absolute Gasteiger partial charge is 0.313 e. The lowest BCUT2D eigenvalue weighted by atomic mass is 10.0. The summed E-state index contributed by atoms with van der Waals surface area (Å²) in [5.41, 5.74) is 2.48. The molecule has 0 aliphatic rings. The molecule has 1 rings (SSSR count). The summed E-state index contributed by atoms with van der Waals surface area (Å²) >= 11 is 0. The average molecular weight is 234 g/mol. The third-order valence-electron chi connectivity index (χ3n) is 3.27. The molecule has 0 bridgehead atoms. The minimum absolute atomic E-state index is 0.485. The summed E-state index contributed by atoms with van der Waals surface area (Å²) in [4.78, 5) is 4.25. The van der Waals surface area contributed by atoms with Crippen molar-refractivity contribution in [2.75, 3.05) is 7.05 Å². The standard InChI is InChI=1S/C15H26N2/c1-4-5-6-7-8-9-15(16-3)14-10-11-17-13(2)12-14/h10-12,15-16H,4-9H2,1-3H3. The van der Waals surface area contributed by atoms with Gasteiger partial charge in [-0.2, -0.15) is 0 Å². The fourth-order valence-corrected chi connectivity index (χ4v) is 2.21. The van der Waals surface area contributed by atoms with E-state index in [-0.39, 0.29) is 0 Å². The molecule has 0 saturated carbocycles. The van der Waals surface area contributed by atoms with E-state index in [9.17, 15) is 0 Å². The van der Waals surface area contributed by atoms with E-state index in [4.69, 9.17) is 0 Å². The normalized spacial score (nSPS) is 12.6. The second kappa shape index (κ2) is 8.24. The highest BCUT2D eigenvalue weighted by Crippen LogP contribution is 2.20. The number of hydrogen-bond acceptors (Lipinski definition) is 2. The Kier molecular flexibility index (Phi) is 6.87. The molecule has 0 aromatic carbocycles. The predicted molar refractivity (Wildman–Crippen MR) is 74.2 cm³/mol. The van der Waals surface area contributed by atoms with Crippen molar-refractivity contribution in [3.63, 3.8) is 0 Å². The van der Waals surface area contributed by atoms with Crippen LogP contribution in [0.2, 0.25) is 0 Å². The quantitative estimate of drug-likeness (QED) is 0.687. The molecular formula is C15H26N2. The second-order valence-electron chi connectivity index (χ2n) is 4.77. The number of unbranched alkanes of at least 4 members (excludes halogenated alkanes) is 4. The van der Waals surface area contributed by atoms with Crippen LogP contribution in [0.3, 0.4) is 0 Å². The number of aryl methyl sites for hydroxylation is 1. The van der Waals surface area contributed by atoms with Gasteiger partial charge in [-0.15, -0.1) is 0 Å². The van der Waals surface area contributed by atoms with Gasteiger partial charge in [-0.25, -0.2) is 0 Å². The molecule has 0 amide bonds. The number of rotatable bonds is 8. The van der Waals surface area contributed by atoms with Crippen molar-refractivity contribution in [3.8, 4) is 0 Å². The van der Waals surface area contributed by atoms with Crippen molar-refractivity contribution in [3.05, 3.63) is 29.6 Å². The van der Waals surface area contributed by atoms with E-state index in [1.165, 1.54) is 44.1 Å². The zero-order chi connectivity index (χ0) is 12.5. The number of nitrogens with zero attached hydrogens (tertiary/aromatic N) is 1. The van der Waals surface area contributed by atoms with Gasteiger partial charge in [0.15, 0.2) is 0 Å². The second-order valence-corrected chi connectivity index (χ2v) is 4.77. The van der Waals surface area contributed by atoms with Crippen LogP contribution in [-0.2, 0) is 0 Å². The molecule has 0 aliphatic carbocycles. The Balaban J connectivity index is 2.38. The fourth-order valence-electron chi connectivity index (χ4n) is 2.21. The van der Waals surface area contributed by atoms with E-state index >= 15 is 0 Å². The Morgan fingerprint density at radius 3 is 2.65 bits per heavy atom. The van der Waals surface area contributed by atoms with Crippen molar-refractivity contribution in [2.24, 2.45) is 0 Å². The topological polar surface area (TPSA) is 24.9 Å². The third kappa shape index (κ3) is 5.31. The molecule has 1 aromatic rings. The highest BCUT2D eigenvalue weighted by molar-refractivity contribution is 5.19. The fraction of sp³-hybridized carbons (Fsp3) is 0.667. The van der Waals surface area contributed by atoms with Crippen LogP contribution in [-0.4, -0.2) is 12.0 Å². The van der Waals surface area contributed by atoms with Crippen molar-refractivity contribution in [1.82, 2.24) is 10.3 Å². The first kappa shape index (κ1) is 14.2. The Bertz CT molecular complexity index is 310. The van der Waals surface area contributed by atoms with Gasteiger partial charge in [0, 0.05) is 17.9 Å². The maximum atomic E-state index is 4.25. The number of aromatic nitrogens is 1. The van der Waals surface area contributed by atoms with E-state index in [1.807, 2.05) is 13.2 Å². The molecule has 2 nitrogen and oxygen atoms in total. The van der Waals surface area contributed by atoms with E-state index in [1.54, 1.807) is 0 Å². The van der Waals surface area contributed by atoms with Gasteiger partial charge in [-0.05, 0) is 38.1 Å². The molecule has 0 aliphatic heterocycles. The van der Waals surface area contributed by atoms with Gasteiger partial charge in [-0.3, -0.25) is 4.98 Å². The van der Waals surface area contributed by atoms with Gasteiger partial charge in [0.05, 0.1) is 0 Å². The first-order valence-corrected chi connectivity index (χ1v) is 6.87. The van der Waals surface area contributed by atoms with Gasteiger partial charge in [0.1, 0.15) is 0 Å². The smallest absolute Gasteiger partial charge is 0.0375 e. The lowest BCUT2D eigenvalue weighted by molar-refractivity contribution is 0.500. The zero-order valence-corrected chi connectivity index (χ0v) is 11.5. The lowest BCUT2D eigenvalue weighted by Crippen LogP contribution is -2.16. The number of nitrogens with one attached hydrogen (secondary N) is 1. The van der Waals surface area contributed by atoms with Crippen LogP contribution in [0.1, 0.15) is 62.7 Å². The van der Waals surface area contributed by atoms with Crippen molar-refractivity contribution in [2.45, 2.75) is 58.4 Å². The monoisotopic (exact) mass is 234 g/mol. The van der Waals surface area contributed by atoms with Crippen molar-refractivity contribution in [1.29, 1.82) is 0 Å². The van der Waals surface area contributed by atoms with Gasteiger partial charge in [-0.1, -0.05) is 39.0 Å². The van der Waals surface area contributed by atoms with Gasteiger partial charge < -0.3 is 5.32 Å². The molecule has 1 unspecified atom stereocenters. The van der Waals surface area contributed by atoms with E-state index < -0.39 is 0 Å². The first-order valence-electron chi connectivity index (χ1n) is 6.87. The van der Waals surface area contributed by atoms with Gasteiger partial charge in [0.25, 0.3) is 0 Å².